The number of sulfonamides is 1. The lowest BCUT2D eigenvalue weighted by Gasteiger charge is -2.10. The SMILES string of the molecule is O=C(O)CCCCCCCCCc1ccc(OCc2ccc(S(=O)(=O)Nc3ncc(C(=O)NCCOCCOCC(=O)CCCOCCOCC(=O)O)cn3)cc2)cc1. The van der Waals surface area contributed by atoms with Crippen molar-refractivity contribution < 1.29 is 61.5 Å². The second kappa shape index (κ2) is 28.4. The van der Waals surface area contributed by atoms with E-state index in [1.165, 1.54) is 30.1 Å². The Kier molecular flexibility index (Phi) is 23.3. The van der Waals surface area contributed by atoms with Gasteiger partial charge in [-0.25, -0.2) is 27.9 Å². The third kappa shape index (κ3) is 22.1. The number of unbranched alkanes of at least 4 members (excludes halogenated alkanes) is 6. The van der Waals surface area contributed by atoms with E-state index in [0.29, 0.717) is 18.8 Å². The Balaban J connectivity index is 1.24. The summed E-state index contributed by atoms with van der Waals surface area (Å²) in [5, 5.41) is 19.8. The average Bonchev–Trinajstić information content (AvgIpc) is 3.21. The zero-order chi connectivity index (χ0) is 42.6. The van der Waals surface area contributed by atoms with Crippen LogP contribution in [0.25, 0.3) is 0 Å². The molecule has 0 saturated carbocycles. The predicted molar refractivity (Wildman–Crippen MR) is 216 cm³/mol. The number of ether oxygens (including phenoxy) is 5. The van der Waals surface area contributed by atoms with Crippen molar-refractivity contribution in [2.45, 2.75) is 82.1 Å². The maximum Gasteiger partial charge on any atom is 0.329 e. The summed E-state index contributed by atoms with van der Waals surface area (Å²) in [5.41, 5.74) is 2.14. The van der Waals surface area contributed by atoms with Crippen molar-refractivity contribution in [3.8, 4) is 5.75 Å². The molecule has 0 unspecified atom stereocenters. The highest BCUT2D eigenvalue weighted by atomic mass is 32.2. The van der Waals surface area contributed by atoms with Crippen LogP contribution in [0.5, 0.6) is 5.75 Å². The quantitative estimate of drug-likeness (QED) is 0.0589. The number of carboxylic acid groups (broad SMARTS) is 2. The Hall–Kier alpha value is -5.01. The van der Waals surface area contributed by atoms with Crippen molar-refractivity contribution in [2.24, 2.45) is 0 Å². The van der Waals surface area contributed by atoms with Crippen molar-refractivity contribution in [2.75, 3.05) is 64.1 Å². The predicted octanol–water partition coefficient (Wildman–Crippen LogP) is 4.83. The number of aliphatic carboxylic acids is 2. The number of hydrogen-bond acceptors (Lipinski definition) is 13. The maximum absolute atomic E-state index is 13.0. The zero-order valence-corrected chi connectivity index (χ0v) is 34.1. The molecule has 0 atom stereocenters. The van der Waals surface area contributed by atoms with Gasteiger partial charge in [0.15, 0.2) is 5.78 Å². The number of nitrogens with zero attached hydrogens (tertiary/aromatic N) is 2. The molecule has 3 rings (SSSR count). The minimum Gasteiger partial charge on any atom is -0.489 e. The van der Waals surface area contributed by atoms with Gasteiger partial charge in [0.1, 0.15) is 25.6 Å². The number of carbonyl (C=O) groups excluding carboxylic acids is 2. The molecule has 0 radical (unpaired) electrons. The molecule has 0 bridgehead atoms. The van der Waals surface area contributed by atoms with Gasteiger partial charge >= 0.3 is 11.9 Å². The van der Waals surface area contributed by atoms with Crippen molar-refractivity contribution >= 4 is 39.6 Å². The second-order valence-electron chi connectivity index (χ2n) is 13.5. The molecule has 0 spiro atoms. The van der Waals surface area contributed by atoms with Crippen molar-refractivity contribution in [1.29, 1.82) is 0 Å². The highest BCUT2D eigenvalue weighted by Gasteiger charge is 2.17. The van der Waals surface area contributed by atoms with E-state index in [2.05, 4.69) is 20.0 Å². The van der Waals surface area contributed by atoms with Gasteiger partial charge in [-0.05, 0) is 61.1 Å². The van der Waals surface area contributed by atoms with Gasteiger partial charge < -0.3 is 39.2 Å². The number of aryl methyl sites for hydroxylation is 1. The monoisotopic (exact) mass is 844 g/mol. The summed E-state index contributed by atoms with van der Waals surface area (Å²) < 4.78 is 54.9. The van der Waals surface area contributed by atoms with Gasteiger partial charge in [-0.15, -0.1) is 0 Å². The third-order valence-electron chi connectivity index (χ3n) is 8.57. The van der Waals surface area contributed by atoms with E-state index >= 15 is 0 Å². The van der Waals surface area contributed by atoms with E-state index in [4.69, 9.17) is 33.9 Å². The summed E-state index contributed by atoms with van der Waals surface area (Å²) in [4.78, 5) is 53.2. The second-order valence-corrected chi connectivity index (χ2v) is 15.2. The van der Waals surface area contributed by atoms with Crippen LogP contribution in [0, 0.1) is 0 Å². The number of anilines is 1. The summed E-state index contributed by atoms with van der Waals surface area (Å²) in [5.74, 6) is -1.82. The molecule has 0 aliphatic rings. The number of benzene rings is 2. The first kappa shape index (κ1) is 48.4. The number of nitrogens with one attached hydrogen (secondary N) is 2. The fourth-order valence-corrected chi connectivity index (χ4v) is 6.38. The van der Waals surface area contributed by atoms with Crippen LogP contribution in [-0.2, 0) is 56.4 Å². The van der Waals surface area contributed by atoms with Crippen molar-refractivity contribution in [3.05, 3.63) is 77.6 Å². The standard InChI is InChI=1S/C41H56N4O13S/c46-35(10-8-21-54-23-26-57-31-39(49)50)30-56-25-24-55-22-20-42-40(51)34-27-43-41(44-28-34)45-59(52,53)37-18-14-33(15-19-37)29-58-36-16-12-32(13-17-36)9-6-4-2-1-3-5-7-11-38(47)48/h12-19,27-28H,1-11,20-26,29-31H2,(H,42,51)(H,47,48)(H,49,50)(H,43,44,45). The molecule has 4 N–H and O–H groups in total. The number of hydrogen-bond donors (Lipinski definition) is 4. The Morgan fingerprint density at radius 3 is 1.86 bits per heavy atom. The van der Waals surface area contributed by atoms with E-state index in [0.717, 1.165) is 56.9 Å². The van der Waals surface area contributed by atoms with Gasteiger partial charge in [0.05, 0.1) is 43.5 Å². The van der Waals surface area contributed by atoms with Gasteiger partial charge in [0.2, 0.25) is 5.95 Å². The first-order valence-corrected chi connectivity index (χ1v) is 21.2. The van der Waals surface area contributed by atoms with Crippen LogP contribution in [0.4, 0.5) is 5.95 Å². The topological polar surface area (TPSA) is 239 Å². The number of carboxylic acids is 2. The summed E-state index contributed by atoms with van der Waals surface area (Å²) >= 11 is 0. The number of ketones is 1. The maximum atomic E-state index is 13.0. The summed E-state index contributed by atoms with van der Waals surface area (Å²) in [7, 11) is -4.00. The smallest absolute Gasteiger partial charge is 0.329 e. The molecule has 17 nitrogen and oxygen atoms in total. The zero-order valence-electron chi connectivity index (χ0n) is 33.3. The molecule has 59 heavy (non-hydrogen) atoms. The number of carbonyl (C=O) groups is 4. The fraction of sp³-hybridized carbons (Fsp3) is 0.512. The van der Waals surface area contributed by atoms with Gasteiger partial charge in [0, 0.05) is 38.4 Å². The Morgan fingerprint density at radius 1 is 0.610 bits per heavy atom. The molecular weight excluding hydrogens is 789 g/mol. The summed E-state index contributed by atoms with van der Waals surface area (Å²) in [6.07, 6.45) is 11.8. The molecule has 1 amide bonds. The molecule has 3 aromatic rings. The lowest BCUT2D eigenvalue weighted by Crippen LogP contribution is -2.28. The third-order valence-corrected chi connectivity index (χ3v) is 9.91. The van der Waals surface area contributed by atoms with Crippen molar-refractivity contribution in [1.82, 2.24) is 15.3 Å². The van der Waals surface area contributed by atoms with Crippen LogP contribution >= 0.6 is 0 Å². The molecule has 324 valence electrons. The van der Waals surface area contributed by atoms with Crippen LogP contribution in [0.1, 0.15) is 85.7 Å². The molecule has 1 heterocycles. The Labute approximate surface area is 345 Å². The lowest BCUT2D eigenvalue weighted by molar-refractivity contribution is -0.143. The van der Waals surface area contributed by atoms with E-state index in [9.17, 15) is 27.6 Å². The highest BCUT2D eigenvalue weighted by molar-refractivity contribution is 7.92. The number of Topliss-reactive ketones (excluding diaryl/α,β-unsaturated/α-hetero) is 1. The fourth-order valence-electron chi connectivity index (χ4n) is 5.42. The summed E-state index contributed by atoms with van der Waals surface area (Å²) in [6.45, 7) is 1.37. The van der Waals surface area contributed by atoms with Crippen LogP contribution in [0.2, 0.25) is 0 Å². The highest BCUT2D eigenvalue weighted by Crippen LogP contribution is 2.19. The summed E-state index contributed by atoms with van der Waals surface area (Å²) in [6, 6.07) is 14.2. The molecule has 18 heteroatoms. The molecule has 0 aliphatic carbocycles. The van der Waals surface area contributed by atoms with Gasteiger partial charge in [0.25, 0.3) is 15.9 Å². The first-order chi connectivity index (χ1) is 28.5. The van der Waals surface area contributed by atoms with Crippen LogP contribution < -0.4 is 14.8 Å². The Bertz CT molecular complexity index is 1790. The van der Waals surface area contributed by atoms with E-state index in [1.807, 2.05) is 24.3 Å². The average molecular weight is 845 g/mol. The number of amides is 1. The number of aromatic nitrogens is 2. The first-order valence-electron chi connectivity index (χ1n) is 19.7. The molecule has 1 aromatic heterocycles. The minimum atomic E-state index is -4.00. The van der Waals surface area contributed by atoms with Gasteiger partial charge in [-0.1, -0.05) is 56.4 Å². The largest absolute Gasteiger partial charge is 0.489 e. The normalized spacial score (nSPS) is 11.3. The molecular formula is C41H56N4O13S. The Morgan fingerprint density at radius 2 is 1.20 bits per heavy atom. The molecule has 0 saturated heterocycles. The minimum absolute atomic E-state index is 0.00673. The molecule has 0 fully saturated rings. The van der Waals surface area contributed by atoms with Crippen LogP contribution in [-0.4, -0.2) is 112 Å². The van der Waals surface area contributed by atoms with Gasteiger partial charge in [-0.3, -0.25) is 14.4 Å². The van der Waals surface area contributed by atoms with E-state index < -0.39 is 27.9 Å². The van der Waals surface area contributed by atoms with E-state index in [-0.39, 0.29) is 94.4 Å². The van der Waals surface area contributed by atoms with Gasteiger partial charge in [-0.2, -0.15) is 0 Å². The van der Waals surface area contributed by atoms with E-state index in [1.54, 1.807) is 12.1 Å². The molecule has 0 aliphatic heterocycles. The number of rotatable bonds is 34. The van der Waals surface area contributed by atoms with Crippen LogP contribution in [0.15, 0.2) is 65.8 Å². The van der Waals surface area contributed by atoms with Crippen LogP contribution in [0.3, 0.4) is 0 Å². The lowest BCUT2D eigenvalue weighted by atomic mass is 10.0. The molecule has 2 aromatic carbocycles. The van der Waals surface area contributed by atoms with Crippen molar-refractivity contribution in [3.63, 3.8) is 0 Å².